The zero-order valence-electron chi connectivity index (χ0n) is 21.0. The van der Waals surface area contributed by atoms with Crippen LogP contribution in [0.1, 0.15) is 59.8 Å². The summed E-state index contributed by atoms with van der Waals surface area (Å²) in [5, 5.41) is 7.92. The van der Waals surface area contributed by atoms with Gasteiger partial charge in [0.15, 0.2) is 5.69 Å². The van der Waals surface area contributed by atoms with Gasteiger partial charge in [-0.1, -0.05) is 39.8 Å². The fourth-order valence-corrected chi connectivity index (χ4v) is 4.37. The number of nitrogens with zero attached hydrogens (tertiary/aromatic N) is 3. The van der Waals surface area contributed by atoms with Crippen molar-refractivity contribution in [2.45, 2.75) is 45.6 Å². The molecule has 3 N–H and O–H groups in total. The monoisotopic (exact) mass is 475 g/mol. The molecule has 0 unspecified atom stereocenters. The molecule has 1 aromatic heterocycles. The Hall–Kier alpha value is -3.65. The highest BCUT2D eigenvalue weighted by Crippen LogP contribution is 2.31. The number of benzene rings is 2. The fraction of sp³-hybridized carbons (Fsp3) is 0.370. The maximum absolute atomic E-state index is 13.7. The van der Waals surface area contributed by atoms with Gasteiger partial charge in [0.2, 0.25) is 0 Å². The van der Waals surface area contributed by atoms with E-state index in [0.717, 1.165) is 12.2 Å². The van der Waals surface area contributed by atoms with Crippen LogP contribution in [0.15, 0.2) is 48.5 Å². The van der Waals surface area contributed by atoms with Crippen LogP contribution < -0.4 is 20.7 Å². The standard InChI is InChI=1S/C27H33N5O3/c1-17(2)29-16-27(3,4)18-6-8-19(9-7-18)31-15-14-22-23(25(28)33)30-32(24(22)26(31)34)20-10-12-21(35-5)13-11-20/h6-13,17,29H,14-16H2,1-5H3,(H2,28,33). The molecule has 8 heteroatoms. The summed E-state index contributed by atoms with van der Waals surface area (Å²) in [6.45, 7) is 9.97. The first-order valence-electron chi connectivity index (χ1n) is 11.8. The van der Waals surface area contributed by atoms with E-state index >= 15 is 0 Å². The Morgan fingerprint density at radius 2 is 1.74 bits per heavy atom. The molecule has 35 heavy (non-hydrogen) atoms. The molecule has 4 rings (SSSR count). The Kier molecular flexibility index (Phi) is 6.67. The number of hydrogen-bond donors (Lipinski definition) is 2. The third kappa shape index (κ3) is 4.79. The number of nitrogens with two attached hydrogens (primary N) is 1. The highest BCUT2D eigenvalue weighted by atomic mass is 16.5. The first kappa shape index (κ1) is 24.5. The van der Waals surface area contributed by atoms with Gasteiger partial charge in [0.25, 0.3) is 11.8 Å². The Labute approximate surface area is 206 Å². The van der Waals surface area contributed by atoms with Crippen LogP contribution in [0.25, 0.3) is 5.69 Å². The molecule has 2 aromatic carbocycles. The van der Waals surface area contributed by atoms with E-state index in [0.29, 0.717) is 41.7 Å². The first-order valence-corrected chi connectivity index (χ1v) is 11.8. The largest absolute Gasteiger partial charge is 0.497 e. The van der Waals surface area contributed by atoms with Crippen molar-refractivity contribution < 1.29 is 14.3 Å². The molecule has 0 aliphatic carbocycles. The number of anilines is 1. The number of carbonyl (C=O) groups is 2. The maximum Gasteiger partial charge on any atom is 0.277 e. The molecule has 0 radical (unpaired) electrons. The van der Waals surface area contributed by atoms with Gasteiger partial charge < -0.3 is 20.7 Å². The van der Waals surface area contributed by atoms with Crippen LogP contribution in [-0.4, -0.2) is 47.8 Å². The van der Waals surface area contributed by atoms with E-state index in [1.54, 1.807) is 36.3 Å². The Morgan fingerprint density at radius 3 is 2.31 bits per heavy atom. The number of methoxy groups -OCH3 is 1. The number of rotatable bonds is 8. The first-order chi connectivity index (χ1) is 16.6. The van der Waals surface area contributed by atoms with Gasteiger partial charge >= 0.3 is 0 Å². The van der Waals surface area contributed by atoms with Gasteiger partial charge in [0.1, 0.15) is 11.4 Å². The van der Waals surface area contributed by atoms with Gasteiger partial charge in [-0.15, -0.1) is 0 Å². The number of hydrogen-bond acceptors (Lipinski definition) is 5. The third-order valence-electron chi connectivity index (χ3n) is 6.48. The Bertz CT molecular complexity index is 1230. The predicted molar refractivity (Wildman–Crippen MR) is 137 cm³/mol. The lowest BCUT2D eigenvalue weighted by Gasteiger charge is -2.30. The summed E-state index contributed by atoms with van der Waals surface area (Å²) < 4.78 is 6.75. The molecule has 8 nitrogen and oxygen atoms in total. The van der Waals surface area contributed by atoms with Crippen LogP contribution in [0.2, 0.25) is 0 Å². The van der Waals surface area contributed by atoms with Gasteiger partial charge in [-0.3, -0.25) is 9.59 Å². The van der Waals surface area contributed by atoms with Gasteiger partial charge in [0.05, 0.1) is 12.8 Å². The van der Waals surface area contributed by atoms with Crippen molar-refractivity contribution in [3.05, 3.63) is 71.0 Å². The molecule has 2 amide bonds. The molecule has 0 atom stereocenters. The van der Waals surface area contributed by atoms with Gasteiger partial charge in [-0.25, -0.2) is 4.68 Å². The van der Waals surface area contributed by atoms with Gasteiger partial charge in [0, 0.05) is 35.8 Å². The molecule has 3 aromatic rings. The van der Waals surface area contributed by atoms with Crippen molar-refractivity contribution in [2.75, 3.05) is 25.1 Å². The van der Waals surface area contributed by atoms with E-state index in [2.05, 4.69) is 50.2 Å². The van der Waals surface area contributed by atoms with E-state index < -0.39 is 5.91 Å². The van der Waals surface area contributed by atoms with Crippen LogP contribution in [-0.2, 0) is 11.8 Å². The number of aromatic nitrogens is 2. The molecule has 2 heterocycles. The molecular weight excluding hydrogens is 442 g/mol. The Morgan fingerprint density at radius 1 is 1.11 bits per heavy atom. The molecule has 0 bridgehead atoms. The van der Waals surface area contributed by atoms with Crippen molar-refractivity contribution in [3.63, 3.8) is 0 Å². The van der Waals surface area contributed by atoms with Crippen molar-refractivity contribution in [1.82, 2.24) is 15.1 Å². The topological polar surface area (TPSA) is 102 Å². The minimum absolute atomic E-state index is 0.0503. The molecule has 1 aliphatic heterocycles. The Balaban J connectivity index is 1.67. The van der Waals surface area contributed by atoms with Crippen LogP contribution in [0.4, 0.5) is 5.69 Å². The lowest BCUT2D eigenvalue weighted by molar-refractivity contribution is 0.0972. The lowest BCUT2D eigenvalue weighted by atomic mass is 9.84. The zero-order chi connectivity index (χ0) is 25.3. The van der Waals surface area contributed by atoms with E-state index in [9.17, 15) is 9.59 Å². The summed E-state index contributed by atoms with van der Waals surface area (Å²) in [6.07, 6.45) is 0.487. The lowest BCUT2D eigenvalue weighted by Crippen LogP contribution is -2.39. The summed E-state index contributed by atoms with van der Waals surface area (Å²) in [5.41, 5.74) is 9.29. The fourth-order valence-electron chi connectivity index (χ4n) is 4.37. The van der Waals surface area contributed by atoms with Gasteiger partial charge in [-0.2, -0.15) is 5.10 Å². The number of fused-ring (bicyclic) bond motifs is 1. The normalized spacial score (nSPS) is 13.8. The minimum atomic E-state index is -0.642. The van der Waals surface area contributed by atoms with Gasteiger partial charge in [-0.05, 0) is 48.4 Å². The molecular formula is C27H33N5O3. The van der Waals surface area contributed by atoms with E-state index in [1.165, 1.54) is 10.2 Å². The van der Waals surface area contributed by atoms with Crippen LogP contribution in [0.3, 0.4) is 0 Å². The van der Waals surface area contributed by atoms with Crippen LogP contribution in [0.5, 0.6) is 5.75 Å². The highest BCUT2D eigenvalue weighted by molar-refractivity contribution is 6.09. The van der Waals surface area contributed by atoms with Crippen molar-refractivity contribution >= 4 is 17.5 Å². The number of amides is 2. The summed E-state index contributed by atoms with van der Waals surface area (Å²) >= 11 is 0. The molecule has 0 saturated carbocycles. The van der Waals surface area contributed by atoms with Crippen molar-refractivity contribution in [3.8, 4) is 11.4 Å². The predicted octanol–water partition coefficient (Wildman–Crippen LogP) is 3.46. The van der Waals surface area contributed by atoms with E-state index in [1.807, 2.05) is 12.1 Å². The molecule has 0 fully saturated rings. The summed E-state index contributed by atoms with van der Waals surface area (Å²) in [6, 6.07) is 15.7. The molecule has 0 spiro atoms. The molecule has 184 valence electrons. The third-order valence-corrected chi connectivity index (χ3v) is 6.48. The second-order valence-electron chi connectivity index (χ2n) is 9.82. The highest BCUT2D eigenvalue weighted by Gasteiger charge is 2.34. The van der Waals surface area contributed by atoms with Crippen LogP contribution >= 0.6 is 0 Å². The second kappa shape index (κ2) is 9.54. The van der Waals surface area contributed by atoms with E-state index in [4.69, 9.17) is 10.5 Å². The smallest absolute Gasteiger partial charge is 0.277 e. The van der Waals surface area contributed by atoms with Crippen LogP contribution in [0, 0.1) is 0 Å². The number of primary amides is 1. The zero-order valence-corrected chi connectivity index (χ0v) is 21.0. The minimum Gasteiger partial charge on any atom is -0.497 e. The summed E-state index contributed by atoms with van der Waals surface area (Å²) in [4.78, 5) is 27.5. The van der Waals surface area contributed by atoms with Crippen molar-refractivity contribution in [2.24, 2.45) is 5.73 Å². The van der Waals surface area contributed by atoms with Crippen molar-refractivity contribution in [1.29, 1.82) is 0 Å². The summed E-state index contributed by atoms with van der Waals surface area (Å²) in [7, 11) is 1.59. The summed E-state index contributed by atoms with van der Waals surface area (Å²) in [5.74, 6) is -0.170. The van der Waals surface area contributed by atoms with E-state index in [-0.39, 0.29) is 17.0 Å². The molecule has 1 aliphatic rings. The SMILES string of the molecule is COc1ccc(-n2nc(C(N)=O)c3c2C(=O)N(c2ccc(C(C)(C)CNC(C)C)cc2)CC3)cc1. The quantitative estimate of drug-likeness (QED) is 0.519. The molecule has 0 saturated heterocycles. The number of carbonyl (C=O) groups excluding carboxylic acids is 2. The second-order valence-corrected chi connectivity index (χ2v) is 9.82. The average Bonchev–Trinajstić information content (AvgIpc) is 3.24. The maximum atomic E-state index is 13.7. The number of ether oxygens (including phenoxy) is 1. The number of nitrogens with one attached hydrogen (secondary N) is 1. The average molecular weight is 476 g/mol.